The lowest BCUT2D eigenvalue weighted by Gasteiger charge is -2.19. The molecule has 0 aliphatic carbocycles. The topological polar surface area (TPSA) is 134 Å². The first-order valence-electron chi connectivity index (χ1n) is 20.5. The highest BCUT2D eigenvalue weighted by Crippen LogP contribution is 2.43. The van der Waals surface area contributed by atoms with Crippen molar-refractivity contribution in [3.05, 3.63) is 0 Å². The molecule has 0 aromatic carbocycles. The fraction of sp³-hybridized carbons (Fsp3) is 0.949. The molecule has 10 heteroatoms. The van der Waals surface area contributed by atoms with Gasteiger partial charge in [-0.15, -0.1) is 0 Å². The van der Waals surface area contributed by atoms with Crippen LogP contribution in [0, 0.1) is 0 Å². The summed E-state index contributed by atoms with van der Waals surface area (Å²) in [5.41, 5.74) is 5.33. The van der Waals surface area contributed by atoms with Crippen LogP contribution in [0.2, 0.25) is 0 Å². The van der Waals surface area contributed by atoms with Gasteiger partial charge in [-0.05, 0) is 12.8 Å². The van der Waals surface area contributed by atoms with Gasteiger partial charge >= 0.3 is 19.8 Å². The molecule has 0 aromatic rings. The van der Waals surface area contributed by atoms with Crippen molar-refractivity contribution >= 4 is 19.8 Å². The number of nitrogens with two attached hydrogens (primary N) is 1. The summed E-state index contributed by atoms with van der Waals surface area (Å²) in [5.74, 6) is -0.816. The first kappa shape index (κ1) is 48.0. The summed E-state index contributed by atoms with van der Waals surface area (Å²) in [4.78, 5) is 34.7. The predicted octanol–water partition coefficient (Wildman–Crippen LogP) is 11.3. The van der Waals surface area contributed by atoms with E-state index >= 15 is 0 Å². The van der Waals surface area contributed by atoms with Gasteiger partial charge in [0.15, 0.2) is 6.10 Å². The quantitative estimate of drug-likeness (QED) is 0.0361. The Balaban J connectivity index is 4.10. The molecule has 0 radical (unpaired) electrons. The van der Waals surface area contributed by atoms with E-state index in [1.807, 2.05) is 0 Å². The van der Waals surface area contributed by atoms with Crippen LogP contribution in [0.5, 0.6) is 0 Å². The number of phosphoric acid groups is 1. The molecule has 1 unspecified atom stereocenters. The van der Waals surface area contributed by atoms with Crippen molar-refractivity contribution in [2.45, 2.75) is 213 Å². The van der Waals surface area contributed by atoms with Crippen molar-refractivity contribution in [3.63, 3.8) is 0 Å². The Hall–Kier alpha value is -0.990. The van der Waals surface area contributed by atoms with Gasteiger partial charge in [-0.2, -0.15) is 0 Å². The van der Waals surface area contributed by atoms with Crippen LogP contribution in [0.1, 0.15) is 206 Å². The molecule has 3 N–H and O–H groups in total. The van der Waals surface area contributed by atoms with Gasteiger partial charge in [0.25, 0.3) is 0 Å². The maximum absolute atomic E-state index is 12.5. The number of ether oxygens (including phenoxy) is 2. The number of hydrogen-bond acceptors (Lipinski definition) is 8. The first-order chi connectivity index (χ1) is 23.8. The summed E-state index contributed by atoms with van der Waals surface area (Å²) in [7, 11) is -4.36. The Bertz CT molecular complexity index is 784. The van der Waals surface area contributed by atoms with E-state index < -0.39 is 26.5 Å². The fourth-order valence-corrected chi connectivity index (χ4v) is 6.69. The number of carbonyl (C=O) groups excluding carboxylic acids is 2. The normalized spacial score (nSPS) is 13.3. The van der Waals surface area contributed by atoms with E-state index in [4.69, 9.17) is 24.3 Å². The van der Waals surface area contributed by atoms with E-state index in [2.05, 4.69) is 13.8 Å². The molecule has 0 bridgehead atoms. The summed E-state index contributed by atoms with van der Waals surface area (Å²) in [5, 5.41) is 0. The minimum atomic E-state index is -4.36. The molecule has 0 aliphatic heterocycles. The van der Waals surface area contributed by atoms with Gasteiger partial charge < -0.3 is 20.1 Å². The fourth-order valence-electron chi connectivity index (χ4n) is 5.93. The minimum absolute atomic E-state index is 0.0578. The van der Waals surface area contributed by atoms with Crippen LogP contribution >= 0.6 is 7.82 Å². The smallest absolute Gasteiger partial charge is 0.462 e. The molecular formula is C39H78NO8P. The third kappa shape index (κ3) is 36.6. The van der Waals surface area contributed by atoms with Gasteiger partial charge in [0.1, 0.15) is 6.61 Å². The van der Waals surface area contributed by atoms with Crippen LogP contribution in [0.3, 0.4) is 0 Å². The molecular weight excluding hydrogens is 641 g/mol. The lowest BCUT2D eigenvalue weighted by Crippen LogP contribution is -2.29. The van der Waals surface area contributed by atoms with Gasteiger partial charge in [0.2, 0.25) is 0 Å². The summed E-state index contributed by atoms with van der Waals surface area (Å²) in [6.07, 6.45) is 34.2. The molecule has 0 aromatic heterocycles. The van der Waals surface area contributed by atoms with Crippen LogP contribution in [0.25, 0.3) is 0 Å². The van der Waals surface area contributed by atoms with Crippen LogP contribution in [-0.2, 0) is 32.7 Å². The Morgan fingerprint density at radius 1 is 0.531 bits per heavy atom. The van der Waals surface area contributed by atoms with Gasteiger partial charge in [-0.1, -0.05) is 181 Å². The van der Waals surface area contributed by atoms with E-state index in [-0.39, 0.29) is 38.6 Å². The lowest BCUT2D eigenvalue weighted by molar-refractivity contribution is -0.161. The van der Waals surface area contributed by atoms with E-state index in [0.29, 0.717) is 6.42 Å². The zero-order valence-corrected chi connectivity index (χ0v) is 32.8. The summed E-state index contributed by atoms with van der Waals surface area (Å²) < 4.78 is 32.7. The molecule has 0 fully saturated rings. The van der Waals surface area contributed by atoms with Crippen LogP contribution in [0.4, 0.5) is 0 Å². The SMILES string of the molecule is CCCCCCCCCCCCCCCCCCCC(=O)OC[C@@H](COP(=O)(O)OCCN)OC(=O)CCCCCCCCCCCCC. The summed E-state index contributed by atoms with van der Waals surface area (Å²) in [6, 6.07) is 0. The molecule has 0 rings (SSSR count). The maximum atomic E-state index is 12.5. The highest BCUT2D eigenvalue weighted by molar-refractivity contribution is 7.47. The molecule has 0 saturated heterocycles. The van der Waals surface area contributed by atoms with Crippen LogP contribution in [-0.4, -0.2) is 49.3 Å². The van der Waals surface area contributed by atoms with Crippen molar-refractivity contribution in [1.82, 2.24) is 0 Å². The van der Waals surface area contributed by atoms with Gasteiger partial charge in [0.05, 0.1) is 13.2 Å². The molecule has 0 amide bonds. The lowest BCUT2D eigenvalue weighted by atomic mass is 10.0. The largest absolute Gasteiger partial charge is 0.472 e. The van der Waals surface area contributed by atoms with Crippen molar-refractivity contribution in [2.75, 3.05) is 26.4 Å². The number of phosphoric ester groups is 1. The minimum Gasteiger partial charge on any atom is -0.462 e. The number of hydrogen-bond donors (Lipinski definition) is 2. The van der Waals surface area contributed by atoms with E-state index in [0.717, 1.165) is 32.1 Å². The molecule has 0 heterocycles. The number of esters is 2. The number of unbranched alkanes of at least 4 members (excludes halogenated alkanes) is 26. The molecule has 0 saturated carbocycles. The second kappa shape index (κ2) is 36.8. The average molecular weight is 720 g/mol. The Morgan fingerprint density at radius 3 is 1.24 bits per heavy atom. The molecule has 9 nitrogen and oxygen atoms in total. The van der Waals surface area contributed by atoms with Crippen LogP contribution < -0.4 is 5.73 Å². The standard InChI is InChI=1S/C39H78NO8P/c1-3-5-7-9-11-13-15-16-17-18-19-20-22-23-25-27-29-31-38(41)45-35-37(36-47-49(43,44)46-34-33-40)48-39(42)32-30-28-26-24-21-14-12-10-8-6-4-2/h37H,3-36,40H2,1-2H3,(H,43,44)/t37-/m0/s1. The van der Waals surface area contributed by atoms with Crippen molar-refractivity contribution in [1.29, 1.82) is 0 Å². The third-order valence-corrected chi connectivity index (χ3v) is 9.98. The highest BCUT2D eigenvalue weighted by Gasteiger charge is 2.26. The van der Waals surface area contributed by atoms with E-state index in [1.54, 1.807) is 0 Å². The highest BCUT2D eigenvalue weighted by atomic mass is 31.2. The summed E-state index contributed by atoms with van der Waals surface area (Å²) in [6.45, 7) is 3.75. The second-order valence-corrected chi connectivity index (χ2v) is 15.3. The zero-order valence-electron chi connectivity index (χ0n) is 31.9. The Kier molecular flexibility index (Phi) is 36.0. The molecule has 0 spiro atoms. The Morgan fingerprint density at radius 2 is 0.878 bits per heavy atom. The predicted molar refractivity (Wildman–Crippen MR) is 201 cm³/mol. The molecule has 49 heavy (non-hydrogen) atoms. The van der Waals surface area contributed by atoms with Crippen molar-refractivity contribution in [2.24, 2.45) is 5.73 Å². The van der Waals surface area contributed by atoms with Gasteiger partial charge in [-0.25, -0.2) is 4.57 Å². The average Bonchev–Trinajstić information content (AvgIpc) is 3.08. The third-order valence-electron chi connectivity index (χ3n) is 8.99. The van der Waals surface area contributed by atoms with Gasteiger partial charge in [-0.3, -0.25) is 18.6 Å². The van der Waals surface area contributed by atoms with E-state index in [1.165, 1.54) is 141 Å². The molecule has 0 aliphatic rings. The van der Waals surface area contributed by atoms with Crippen molar-refractivity contribution in [3.8, 4) is 0 Å². The van der Waals surface area contributed by atoms with Crippen LogP contribution in [0.15, 0.2) is 0 Å². The molecule has 292 valence electrons. The second-order valence-electron chi connectivity index (χ2n) is 13.9. The van der Waals surface area contributed by atoms with Gasteiger partial charge in [0, 0.05) is 19.4 Å². The molecule has 2 atom stereocenters. The monoisotopic (exact) mass is 720 g/mol. The number of carbonyl (C=O) groups is 2. The zero-order chi connectivity index (χ0) is 36.1. The van der Waals surface area contributed by atoms with Crippen molar-refractivity contribution < 1.29 is 37.6 Å². The van der Waals surface area contributed by atoms with E-state index in [9.17, 15) is 19.0 Å². The maximum Gasteiger partial charge on any atom is 0.472 e. The first-order valence-corrected chi connectivity index (χ1v) is 22.0. The summed E-state index contributed by atoms with van der Waals surface area (Å²) >= 11 is 0. The number of rotatable bonds is 39. The Labute approximate surface area is 301 Å².